The summed E-state index contributed by atoms with van der Waals surface area (Å²) in [6.07, 6.45) is 3.13. The van der Waals surface area contributed by atoms with Gasteiger partial charge in [-0.1, -0.05) is 24.6 Å². The Balaban J connectivity index is 2.77. The second kappa shape index (κ2) is 8.32. The lowest BCUT2D eigenvalue weighted by Gasteiger charge is -2.13. The lowest BCUT2D eigenvalue weighted by Crippen LogP contribution is -2.35. The van der Waals surface area contributed by atoms with Crippen LogP contribution in [0.25, 0.3) is 6.08 Å². The van der Waals surface area contributed by atoms with Gasteiger partial charge in [0.2, 0.25) is 0 Å². The minimum absolute atomic E-state index is 0.0758. The van der Waals surface area contributed by atoms with Crippen LogP contribution in [-0.4, -0.2) is 29.6 Å². The molecule has 1 unspecified atom stereocenters. The second-order valence-electron chi connectivity index (χ2n) is 4.49. The molecule has 0 saturated heterocycles. The van der Waals surface area contributed by atoms with Crippen molar-refractivity contribution >= 4 is 29.6 Å². The molecule has 0 aliphatic heterocycles. The molecule has 0 aromatic heterocycles. The zero-order chi connectivity index (χ0) is 15.8. The Morgan fingerprint density at radius 3 is 2.81 bits per heavy atom. The fraction of sp³-hybridized carbons (Fsp3) is 0.333. The van der Waals surface area contributed by atoms with Crippen LogP contribution in [0.15, 0.2) is 24.3 Å². The smallest absolute Gasteiger partial charge is 0.328 e. The summed E-state index contributed by atoms with van der Waals surface area (Å²) in [5.74, 6) is -0.966. The van der Waals surface area contributed by atoms with Crippen LogP contribution in [0.2, 0.25) is 5.02 Å². The third kappa shape index (κ3) is 5.87. The topological polar surface area (TPSA) is 75.6 Å². The van der Waals surface area contributed by atoms with E-state index in [9.17, 15) is 9.59 Å². The van der Waals surface area contributed by atoms with Gasteiger partial charge in [0.1, 0.15) is 5.75 Å². The minimum Gasteiger partial charge on any atom is -0.483 e. The predicted octanol–water partition coefficient (Wildman–Crippen LogP) is 2.73. The van der Waals surface area contributed by atoms with Crippen molar-refractivity contribution in [2.24, 2.45) is 0 Å². The van der Waals surface area contributed by atoms with E-state index >= 15 is 0 Å². The largest absolute Gasteiger partial charge is 0.483 e. The Labute approximate surface area is 128 Å². The molecule has 0 radical (unpaired) electrons. The Kier molecular flexibility index (Phi) is 6.75. The summed E-state index contributed by atoms with van der Waals surface area (Å²) < 4.78 is 5.42. The second-order valence-corrected chi connectivity index (χ2v) is 4.90. The molecule has 1 aromatic rings. The van der Waals surface area contributed by atoms with Crippen molar-refractivity contribution in [1.82, 2.24) is 5.32 Å². The van der Waals surface area contributed by atoms with Gasteiger partial charge >= 0.3 is 5.97 Å². The van der Waals surface area contributed by atoms with E-state index in [4.69, 9.17) is 21.4 Å². The maximum atomic E-state index is 11.7. The maximum Gasteiger partial charge on any atom is 0.328 e. The van der Waals surface area contributed by atoms with Gasteiger partial charge in [0.15, 0.2) is 6.61 Å². The van der Waals surface area contributed by atoms with Gasteiger partial charge in [-0.05, 0) is 31.6 Å². The summed E-state index contributed by atoms with van der Waals surface area (Å²) in [7, 11) is 0. The number of halogens is 1. The first-order valence-electron chi connectivity index (χ1n) is 6.55. The highest BCUT2D eigenvalue weighted by Crippen LogP contribution is 2.27. The highest BCUT2D eigenvalue weighted by atomic mass is 35.5. The molecule has 0 heterocycles. The number of aliphatic carboxylic acids is 1. The number of rotatable bonds is 7. The van der Waals surface area contributed by atoms with Crippen molar-refractivity contribution < 1.29 is 19.4 Å². The van der Waals surface area contributed by atoms with E-state index in [1.165, 1.54) is 6.08 Å². The van der Waals surface area contributed by atoms with Crippen molar-refractivity contribution in [3.8, 4) is 5.75 Å². The van der Waals surface area contributed by atoms with Crippen LogP contribution in [0.5, 0.6) is 5.75 Å². The molecular weight excluding hydrogens is 294 g/mol. The van der Waals surface area contributed by atoms with Crippen LogP contribution in [0, 0.1) is 0 Å². The first kappa shape index (κ1) is 17.0. The molecule has 1 amide bonds. The first-order valence-corrected chi connectivity index (χ1v) is 6.93. The van der Waals surface area contributed by atoms with Crippen LogP contribution in [0.1, 0.15) is 25.8 Å². The van der Waals surface area contributed by atoms with Crippen LogP contribution in [-0.2, 0) is 9.59 Å². The number of carboxylic acids is 1. The quantitative estimate of drug-likeness (QED) is 0.759. The lowest BCUT2D eigenvalue weighted by molar-refractivity contribution is -0.131. The molecule has 0 bridgehead atoms. The minimum atomic E-state index is -1.09. The van der Waals surface area contributed by atoms with Crippen molar-refractivity contribution in [1.29, 1.82) is 0 Å². The van der Waals surface area contributed by atoms with E-state index in [0.717, 1.165) is 12.5 Å². The molecule has 21 heavy (non-hydrogen) atoms. The zero-order valence-electron chi connectivity index (χ0n) is 11.9. The third-order valence-corrected chi connectivity index (χ3v) is 3.11. The van der Waals surface area contributed by atoms with Gasteiger partial charge in [0, 0.05) is 17.7 Å². The highest BCUT2D eigenvalue weighted by Gasteiger charge is 2.10. The Morgan fingerprint density at radius 2 is 2.19 bits per heavy atom. The molecule has 0 spiro atoms. The number of nitrogens with one attached hydrogen (secondary N) is 1. The first-order chi connectivity index (χ1) is 9.93. The highest BCUT2D eigenvalue weighted by molar-refractivity contribution is 6.32. The van der Waals surface area contributed by atoms with Gasteiger partial charge in [-0.3, -0.25) is 4.79 Å². The lowest BCUT2D eigenvalue weighted by atomic mass is 10.2. The molecule has 5 nitrogen and oxygen atoms in total. The van der Waals surface area contributed by atoms with E-state index in [0.29, 0.717) is 16.3 Å². The summed E-state index contributed by atoms with van der Waals surface area (Å²) in [4.78, 5) is 22.2. The summed E-state index contributed by atoms with van der Waals surface area (Å²) >= 11 is 6.01. The fourth-order valence-corrected chi connectivity index (χ4v) is 1.75. The van der Waals surface area contributed by atoms with E-state index in [-0.39, 0.29) is 18.6 Å². The molecule has 0 fully saturated rings. The van der Waals surface area contributed by atoms with E-state index in [1.54, 1.807) is 18.2 Å². The summed E-state index contributed by atoms with van der Waals surface area (Å²) in [6.45, 7) is 3.72. The van der Waals surface area contributed by atoms with Crippen LogP contribution in [0.3, 0.4) is 0 Å². The molecular formula is C15H18ClNO4. The number of hydrogen-bond donors (Lipinski definition) is 2. The SMILES string of the molecule is CCC(C)NC(=O)COc1cccc(Cl)c1/C=C/C(=O)O. The average molecular weight is 312 g/mol. The van der Waals surface area contributed by atoms with Gasteiger partial charge < -0.3 is 15.2 Å². The van der Waals surface area contributed by atoms with Crippen LogP contribution < -0.4 is 10.1 Å². The fourth-order valence-electron chi connectivity index (χ4n) is 1.52. The van der Waals surface area contributed by atoms with E-state index < -0.39 is 5.97 Å². The van der Waals surface area contributed by atoms with Crippen molar-refractivity contribution in [2.75, 3.05) is 6.61 Å². The molecule has 114 valence electrons. The Morgan fingerprint density at radius 1 is 1.48 bits per heavy atom. The summed E-state index contributed by atoms with van der Waals surface area (Å²) in [5.41, 5.74) is 0.429. The average Bonchev–Trinajstić information content (AvgIpc) is 2.43. The van der Waals surface area contributed by atoms with Crippen molar-refractivity contribution in [3.63, 3.8) is 0 Å². The summed E-state index contributed by atoms with van der Waals surface area (Å²) in [6, 6.07) is 4.99. The van der Waals surface area contributed by atoms with Gasteiger partial charge in [-0.15, -0.1) is 0 Å². The molecule has 0 aliphatic carbocycles. The maximum absolute atomic E-state index is 11.7. The number of carbonyl (C=O) groups is 2. The number of amides is 1. The number of carbonyl (C=O) groups excluding carboxylic acids is 1. The molecule has 1 atom stereocenters. The monoisotopic (exact) mass is 311 g/mol. The predicted molar refractivity (Wildman–Crippen MR) is 81.5 cm³/mol. The molecule has 6 heteroatoms. The number of carboxylic acid groups (broad SMARTS) is 1. The van der Waals surface area contributed by atoms with Gasteiger partial charge in [0.25, 0.3) is 5.91 Å². The number of benzene rings is 1. The van der Waals surface area contributed by atoms with Crippen LogP contribution >= 0.6 is 11.6 Å². The molecule has 0 saturated carbocycles. The normalized spacial score (nSPS) is 12.1. The molecule has 1 rings (SSSR count). The standard InChI is InChI=1S/C15H18ClNO4/c1-3-10(2)17-14(18)9-21-13-6-4-5-12(16)11(13)7-8-15(19)20/h4-8,10H,3,9H2,1-2H3,(H,17,18)(H,19,20)/b8-7+. The van der Waals surface area contributed by atoms with Crippen LogP contribution in [0.4, 0.5) is 0 Å². The summed E-state index contributed by atoms with van der Waals surface area (Å²) in [5, 5.41) is 11.8. The Bertz CT molecular complexity index is 542. The molecule has 2 N–H and O–H groups in total. The van der Waals surface area contributed by atoms with E-state index in [2.05, 4.69) is 5.32 Å². The van der Waals surface area contributed by atoms with Crippen molar-refractivity contribution in [3.05, 3.63) is 34.9 Å². The Hall–Kier alpha value is -2.01. The third-order valence-electron chi connectivity index (χ3n) is 2.78. The zero-order valence-corrected chi connectivity index (χ0v) is 12.7. The molecule has 0 aliphatic rings. The number of hydrogen-bond acceptors (Lipinski definition) is 3. The molecule has 1 aromatic carbocycles. The van der Waals surface area contributed by atoms with Gasteiger partial charge in [-0.2, -0.15) is 0 Å². The van der Waals surface area contributed by atoms with Gasteiger partial charge in [0.05, 0.1) is 5.02 Å². The van der Waals surface area contributed by atoms with Crippen molar-refractivity contribution in [2.45, 2.75) is 26.3 Å². The van der Waals surface area contributed by atoms with E-state index in [1.807, 2.05) is 13.8 Å². The number of ether oxygens (including phenoxy) is 1. The van der Waals surface area contributed by atoms with Gasteiger partial charge in [-0.25, -0.2) is 4.79 Å².